The van der Waals surface area contributed by atoms with Gasteiger partial charge in [-0.15, -0.1) is 0 Å². The number of carbonyl (C=O) groups excluding carboxylic acids is 2. The van der Waals surface area contributed by atoms with Gasteiger partial charge in [0.05, 0.1) is 5.56 Å². The number of benzene rings is 2. The van der Waals surface area contributed by atoms with Gasteiger partial charge in [-0.1, -0.05) is 43.2 Å². The van der Waals surface area contributed by atoms with Crippen LogP contribution in [0.3, 0.4) is 0 Å². The zero-order valence-corrected chi connectivity index (χ0v) is 18.3. The molecule has 3 aromatic rings. The zero-order valence-electron chi connectivity index (χ0n) is 18.3. The van der Waals surface area contributed by atoms with Crippen molar-refractivity contribution in [2.24, 2.45) is 0 Å². The molecule has 1 aromatic heterocycles. The molecule has 0 saturated carbocycles. The number of hydrogen-bond acceptors (Lipinski definition) is 2. The molecule has 0 unspecified atom stereocenters. The Hall–Kier alpha value is -3.41. The summed E-state index contributed by atoms with van der Waals surface area (Å²) >= 11 is 0. The van der Waals surface area contributed by atoms with Gasteiger partial charge >= 0.3 is 0 Å². The maximum absolute atomic E-state index is 14.2. The van der Waals surface area contributed by atoms with Crippen LogP contribution in [0, 0.1) is 5.82 Å². The van der Waals surface area contributed by atoms with Crippen molar-refractivity contribution in [3.05, 3.63) is 77.4 Å². The second-order valence-corrected chi connectivity index (χ2v) is 8.09. The van der Waals surface area contributed by atoms with Gasteiger partial charge in [-0.3, -0.25) is 9.59 Å². The van der Waals surface area contributed by atoms with Gasteiger partial charge in [0.15, 0.2) is 0 Å². The number of halogens is 1. The smallest absolute Gasteiger partial charge is 0.270 e. The van der Waals surface area contributed by atoms with Crippen LogP contribution in [-0.2, 0) is 11.3 Å². The summed E-state index contributed by atoms with van der Waals surface area (Å²) in [7, 11) is 0. The topological polar surface area (TPSA) is 54.3 Å². The third-order valence-electron chi connectivity index (χ3n) is 5.95. The molecule has 0 atom stereocenters. The van der Waals surface area contributed by atoms with Crippen molar-refractivity contribution in [3.63, 3.8) is 0 Å². The summed E-state index contributed by atoms with van der Waals surface area (Å²) < 4.78 is 16.3. The first kappa shape index (κ1) is 21.8. The van der Waals surface area contributed by atoms with Crippen LogP contribution in [0.25, 0.3) is 17.0 Å². The van der Waals surface area contributed by atoms with E-state index >= 15 is 0 Å². The Labute approximate surface area is 187 Å². The average Bonchev–Trinajstić information content (AvgIpc) is 2.97. The Bertz CT molecular complexity index is 1160. The number of para-hydroxylation sites is 1. The highest BCUT2D eigenvalue weighted by Crippen LogP contribution is 2.24. The van der Waals surface area contributed by atoms with Crippen LogP contribution in [0.1, 0.15) is 48.5 Å². The molecule has 1 N–H and O–H groups in total. The fourth-order valence-corrected chi connectivity index (χ4v) is 4.24. The van der Waals surface area contributed by atoms with Crippen LogP contribution in [0.5, 0.6) is 0 Å². The van der Waals surface area contributed by atoms with Crippen LogP contribution < -0.4 is 5.32 Å². The van der Waals surface area contributed by atoms with Crippen molar-refractivity contribution in [3.8, 4) is 0 Å². The normalized spacial score (nSPS) is 14.9. The summed E-state index contributed by atoms with van der Waals surface area (Å²) in [5.41, 5.74) is 1.98. The number of likely N-dealkylation sites (tertiary alicyclic amines) is 1. The lowest BCUT2D eigenvalue weighted by Gasteiger charge is -2.22. The molecular weight excluding hydrogens is 405 g/mol. The number of nitrogens with one attached hydrogen (secondary N) is 1. The largest absolute Gasteiger partial charge is 0.347 e. The summed E-state index contributed by atoms with van der Waals surface area (Å²) in [6, 6.07) is 13.8. The molecule has 0 aliphatic carbocycles. The fourth-order valence-electron chi connectivity index (χ4n) is 4.24. The lowest BCUT2D eigenvalue weighted by Crippen LogP contribution is -2.39. The summed E-state index contributed by atoms with van der Waals surface area (Å²) in [6.07, 6.45) is 7.77. The van der Waals surface area contributed by atoms with Crippen LogP contribution in [0.2, 0.25) is 0 Å². The van der Waals surface area contributed by atoms with Gasteiger partial charge in [-0.2, -0.15) is 0 Å². The molecule has 1 aliphatic rings. The molecule has 0 bridgehead atoms. The van der Waals surface area contributed by atoms with Crippen LogP contribution in [-0.4, -0.2) is 34.4 Å². The van der Waals surface area contributed by atoms with E-state index in [0.29, 0.717) is 13.1 Å². The SMILES string of the molecule is CCn1cc(/C=C(\NC(=O)c2ccccc2F)C(=O)N2CCCCCC2)c2ccccc21. The first-order valence-corrected chi connectivity index (χ1v) is 11.2. The lowest BCUT2D eigenvalue weighted by molar-refractivity contribution is -0.127. The van der Waals surface area contributed by atoms with Crippen LogP contribution in [0.15, 0.2) is 60.4 Å². The van der Waals surface area contributed by atoms with Gasteiger partial charge in [0.2, 0.25) is 0 Å². The Morgan fingerprint density at radius 2 is 1.69 bits per heavy atom. The molecule has 6 heteroatoms. The zero-order chi connectivity index (χ0) is 22.5. The van der Waals surface area contributed by atoms with Crippen molar-refractivity contribution in [1.82, 2.24) is 14.8 Å². The molecular formula is C26H28FN3O2. The second kappa shape index (κ2) is 9.81. The quantitative estimate of drug-likeness (QED) is 0.578. The summed E-state index contributed by atoms with van der Waals surface area (Å²) in [5.74, 6) is -1.48. The predicted octanol–water partition coefficient (Wildman–Crippen LogP) is 4.97. The number of hydrogen-bond donors (Lipinski definition) is 1. The third kappa shape index (κ3) is 4.59. The first-order valence-electron chi connectivity index (χ1n) is 11.2. The third-order valence-corrected chi connectivity index (χ3v) is 5.95. The Kier molecular flexibility index (Phi) is 6.69. The average molecular weight is 434 g/mol. The van der Waals surface area contributed by atoms with E-state index in [1.807, 2.05) is 30.5 Å². The molecule has 5 nitrogen and oxygen atoms in total. The number of aromatic nitrogens is 1. The number of aryl methyl sites for hydroxylation is 1. The number of fused-ring (bicyclic) bond motifs is 1. The molecule has 4 rings (SSSR count). The van der Waals surface area contributed by atoms with Crippen LogP contribution >= 0.6 is 0 Å². The van der Waals surface area contributed by atoms with Gasteiger partial charge in [0, 0.05) is 42.3 Å². The molecule has 1 saturated heterocycles. The molecule has 32 heavy (non-hydrogen) atoms. The predicted molar refractivity (Wildman–Crippen MR) is 125 cm³/mol. The van der Waals surface area contributed by atoms with Gasteiger partial charge in [0.25, 0.3) is 11.8 Å². The molecule has 166 valence electrons. The lowest BCUT2D eigenvalue weighted by atomic mass is 10.1. The van der Waals surface area contributed by atoms with E-state index in [1.54, 1.807) is 17.0 Å². The van der Waals surface area contributed by atoms with Gasteiger partial charge in [-0.05, 0) is 44.0 Å². The van der Waals surface area contributed by atoms with Gasteiger partial charge < -0.3 is 14.8 Å². The highest BCUT2D eigenvalue weighted by molar-refractivity contribution is 6.06. The maximum Gasteiger partial charge on any atom is 0.270 e. The standard InChI is InChI=1S/C26H28FN3O2/c1-2-29-18-19(20-11-6-8-14-24(20)29)17-23(26(32)30-15-9-3-4-10-16-30)28-25(31)21-12-5-7-13-22(21)27/h5-8,11-14,17-18H,2-4,9-10,15-16H2,1H3,(H,28,31)/b23-17-. The molecule has 1 fully saturated rings. The monoisotopic (exact) mass is 433 g/mol. The minimum Gasteiger partial charge on any atom is -0.347 e. The molecule has 2 amide bonds. The molecule has 0 spiro atoms. The summed E-state index contributed by atoms with van der Waals surface area (Å²) in [5, 5.41) is 3.71. The van der Waals surface area contributed by atoms with Gasteiger partial charge in [-0.25, -0.2) is 4.39 Å². The van der Waals surface area contributed by atoms with Crippen molar-refractivity contribution in [1.29, 1.82) is 0 Å². The number of carbonyl (C=O) groups is 2. The van der Waals surface area contributed by atoms with Crippen LogP contribution in [0.4, 0.5) is 4.39 Å². The van der Waals surface area contributed by atoms with E-state index in [4.69, 9.17) is 0 Å². The van der Waals surface area contributed by atoms with Crippen molar-refractivity contribution in [2.75, 3.05) is 13.1 Å². The number of nitrogens with zero attached hydrogens (tertiary/aromatic N) is 2. The first-order chi connectivity index (χ1) is 15.6. The number of amides is 2. The summed E-state index contributed by atoms with van der Waals surface area (Å²) in [6.45, 7) is 4.15. The molecule has 0 radical (unpaired) electrons. The minimum absolute atomic E-state index is 0.0851. The van der Waals surface area contributed by atoms with E-state index in [1.165, 1.54) is 18.2 Å². The van der Waals surface area contributed by atoms with E-state index in [-0.39, 0.29) is 17.2 Å². The summed E-state index contributed by atoms with van der Waals surface area (Å²) in [4.78, 5) is 28.1. The number of rotatable bonds is 5. The highest BCUT2D eigenvalue weighted by Gasteiger charge is 2.23. The van der Waals surface area contributed by atoms with Crippen molar-refractivity contribution < 1.29 is 14.0 Å². The van der Waals surface area contributed by atoms with E-state index in [0.717, 1.165) is 48.7 Å². The second-order valence-electron chi connectivity index (χ2n) is 8.09. The van der Waals surface area contributed by atoms with Crippen molar-refractivity contribution >= 4 is 28.8 Å². The molecule has 2 aromatic carbocycles. The highest BCUT2D eigenvalue weighted by atomic mass is 19.1. The van der Waals surface area contributed by atoms with E-state index < -0.39 is 11.7 Å². The van der Waals surface area contributed by atoms with E-state index in [9.17, 15) is 14.0 Å². The van der Waals surface area contributed by atoms with E-state index in [2.05, 4.69) is 16.8 Å². The molecule has 2 heterocycles. The Balaban J connectivity index is 1.74. The minimum atomic E-state index is -0.628. The molecule has 1 aliphatic heterocycles. The van der Waals surface area contributed by atoms with Crippen molar-refractivity contribution in [2.45, 2.75) is 39.2 Å². The maximum atomic E-state index is 14.2. The fraction of sp³-hybridized carbons (Fsp3) is 0.308. The Morgan fingerprint density at radius 1 is 1.00 bits per heavy atom. The van der Waals surface area contributed by atoms with Gasteiger partial charge in [0.1, 0.15) is 11.5 Å². The Morgan fingerprint density at radius 3 is 2.41 bits per heavy atom.